The molecule has 0 radical (unpaired) electrons. The normalized spacial score (nSPS) is 25.7. The first-order valence-corrected chi connectivity index (χ1v) is 17.0. The van der Waals surface area contributed by atoms with Gasteiger partial charge in [-0.05, 0) is 59.8 Å². The lowest BCUT2D eigenvalue weighted by Crippen LogP contribution is -2.69. The van der Waals surface area contributed by atoms with Crippen LogP contribution in [0.5, 0.6) is 0 Å². The Labute approximate surface area is 268 Å². The van der Waals surface area contributed by atoms with Gasteiger partial charge >= 0.3 is 0 Å². The van der Waals surface area contributed by atoms with Gasteiger partial charge in [0.2, 0.25) is 11.6 Å². The van der Waals surface area contributed by atoms with E-state index < -0.39 is 11.3 Å². The molecule has 6 aromatic rings. The highest BCUT2D eigenvalue weighted by Gasteiger charge is 2.76. The molecule has 8 heterocycles. The van der Waals surface area contributed by atoms with Crippen molar-refractivity contribution in [2.45, 2.75) is 23.8 Å². The first-order chi connectivity index (χ1) is 22.3. The van der Waals surface area contributed by atoms with Gasteiger partial charge in [0.05, 0.1) is 23.1 Å². The number of nitrogens with one attached hydrogen (secondary N) is 2. The summed E-state index contributed by atoms with van der Waals surface area (Å²) in [6.45, 7) is 4.03. The lowest BCUT2D eigenvalue weighted by molar-refractivity contribution is -0.111. The van der Waals surface area contributed by atoms with Crippen molar-refractivity contribution < 1.29 is 8.83 Å². The molecular formula is C33H32N8O2S2. The quantitative estimate of drug-likeness (QED) is 0.232. The molecule has 45 heavy (non-hydrogen) atoms. The number of benzene rings is 1. The van der Waals surface area contributed by atoms with E-state index in [0.717, 1.165) is 66.3 Å². The Kier molecular flexibility index (Phi) is 6.46. The minimum absolute atomic E-state index is 0.329. The summed E-state index contributed by atoms with van der Waals surface area (Å²) in [5, 5.41) is 14.7. The number of hydrazine groups is 1. The third kappa shape index (κ3) is 3.77. The lowest BCUT2D eigenvalue weighted by Gasteiger charge is -2.53. The summed E-state index contributed by atoms with van der Waals surface area (Å²) >= 11 is 3.35. The van der Waals surface area contributed by atoms with Crippen molar-refractivity contribution in [3.8, 4) is 0 Å². The van der Waals surface area contributed by atoms with Crippen LogP contribution in [0.4, 0.5) is 10.7 Å². The summed E-state index contributed by atoms with van der Waals surface area (Å²) in [5.74, 6) is 1.40. The van der Waals surface area contributed by atoms with Crippen LogP contribution in [0.3, 0.4) is 0 Å². The van der Waals surface area contributed by atoms with E-state index in [-0.39, 0.29) is 6.04 Å². The van der Waals surface area contributed by atoms with Crippen LogP contribution < -0.4 is 15.2 Å². The number of rotatable bonds is 7. The SMILES string of the molecule is c1c[nH]c(C2N(c3cccs3)C(c3ccco3)(c3nccs3)N(N3CCc4ccccc43)C2(c2ncco2)N2CCNCC2)c1. The Balaban J connectivity index is 1.48. The molecule has 0 saturated carbocycles. The zero-order valence-electron chi connectivity index (χ0n) is 24.5. The Morgan fingerprint density at radius 1 is 0.844 bits per heavy atom. The Hall–Kier alpha value is -4.20. The molecule has 2 fully saturated rings. The molecule has 1 aromatic carbocycles. The van der Waals surface area contributed by atoms with Gasteiger partial charge in [-0.25, -0.2) is 9.97 Å². The molecule has 3 aliphatic rings. The highest BCUT2D eigenvalue weighted by Crippen LogP contribution is 2.65. The number of furan rings is 1. The molecule has 9 rings (SSSR count). The number of H-pyrrole nitrogens is 1. The van der Waals surface area contributed by atoms with Crippen molar-refractivity contribution in [2.75, 3.05) is 42.6 Å². The van der Waals surface area contributed by atoms with Crippen molar-refractivity contribution in [3.63, 3.8) is 0 Å². The maximum Gasteiger partial charge on any atom is 0.234 e. The number of thiazole rings is 1. The number of para-hydroxylation sites is 1. The fraction of sp³-hybridized carbons (Fsp3) is 0.273. The van der Waals surface area contributed by atoms with E-state index in [1.165, 1.54) is 5.56 Å². The average molecular weight is 637 g/mol. The highest BCUT2D eigenvalue weighted by molar-refractivity contribution is 7.14. The molecule has 10 nitrogen and oxygen atoms in total. The minimum atomic E-state index is -1.03. The van der Waals surface area contributed by atoms with Gasteiger partial charge in [0.1, 0.15) is 17.3 Å². The number of piperazine rings is 1. The number of nitrogens with zero attached hydrogens (tertiary/aromatic N) is 6. The van der Waals surface area contributed by atoms with Gasteiger partial charge in [-0.3, -0.25) is 4.90 Å². The molecule has 2 saturated heterocycles. The molecular weight excluding hydrogens is 605 g/mol. The van der Waals surface area contributed by atoms with E-state index >= 15 is 0 Å². The summed E-state index contributed by atoms with van der Waals surface area (Å²) in [6.07, 6.45) is 10.1. The van der Waals surface area contributed by atoms with Crippen molar-refractivity contribution in [1.29, 1.82) is 0 Å². The number of aromatic nitrogens is 3. The van der Waals surface area contributed by atoms with Crippen LogP contribution in [0.15, 0.2) is 111 Å². The number of fused-ring (bicyclic) bond motifs is 1. The van der Waals surface area contributed by atoms with Crippen molar-refractivity contribution in [1.82, 2.24) is 30.2 Å². The lowest BCUT2D eigenvalue weighted by atomic mass is 9.93. The first kappa shape index (κ1) is 27.1. The van der Waals surface area contributed by atoms with Crippen molar-refractivity contribution >= 4 is 33.4 Å². The maximum atomic E-state index is 6.58. The Morgan fingerprint density at radius 3 is 2.51 bits per heavy atom. The van der Waals surface area contributed by atoms with Gasteiger partial charge in [0, 0.05) is 56.2 Å². The fourth-order valence-electron chi connectivity index (χ4n) is 7.74. The number of thiophene rings is 1. The van der Waals surface area contributed by atoms with Crippen LogP contribution >= 0.6 is 22.7 Å². The Bertz CT molecular complexity index is 1800. The topological polar surface area (TPSA) is 92.8 Å². The van der Waals surface area contributed by atoms with Crippen LogP contribution in [-0.2, 0) is 17.7 Å². The summed E-state index contributed by atoms with van der Waals surface area (Å²) in [4.78, 5) is 18.9. The zero-order chi connectivity index (χ0) is 29.8. The second kappa shape index (κ2) is 10.7. The molecule has 0 bridgehead atoms. The second-order valence-electron chi connectivity index (χ2n) is 11.5. The van der Waals surface area contributed by atoms with Gasteiger partial charge in [0.15, 0.2) is 11.4 Å². The number of anilines is 2. The largest absolute Gasteiger partial charge is 0.465 e. The van der Waals surface area contributed by atoms with Crippen LogP contribution in [0.2, 0.25) is 0 Å². The molecule has 228 valence electrons. The van der Waals surface area contributed by atoms with E-state index in [9.17, 15) is 0 Å². The van der Waals surface area contributed by atoms with Gasteiger partial charge in [0.25, 0.3) is 0 Å². The van der Waals surface area contributed by atoms with E-state index in [0.29, 0.717) is 5.89 Å². The molecule has 2 N–H and O–H groups in total. The van der Waals surface area contributed by atoms with E-state index in [2.05, 4.69) is 95.5 Å². The zero-order valence-corrected chi connectivity index (χ0v) is 26.1. The molecule has 3 aliphatic heterocycles. The van der Waals surface area contributed by atoms with Gasteiger partial charge in [-0.1, -0.05) is 18.2 Å². The van der Waals surface area contributed by atoms with Crippen molar-refractivity contribution in [3.05, 3.63) is 130 Å². The van der Waals surface area contributed by atoms with Crippen LogP contribution in [0, 0.1) is 0 Å². The molecule has 0 aliphatic carbocycles. The van der Waals surface area contributed by atoms with Crippen LogP contribution in [0.1, 0.15) is 34.0 Å². The molecule has 3 unspecified atom stereocenters. The highest BCUT2D eigenvalue weighted by atomic mass is 32.1. The maximum absolute atomic E-state index is 6.58. The van der Waals surface area contributed by atoms with E-state index in [1.807, 2.05) is 18.5 Å². The smallest absolute Gasteiger partial charge is 0.234 e. The third-order valence-electron chi connectivity index (χ3n) is 9.32. The summed E-state index contributed by atoms with van der Waals surface area (Å²) in [5.41, 5.74) is 1.53. The predicted molar refractivity (Wildman–Crippen MR) is 174 cm³/mol. The molecule has 5 aromatic heterocycles. The van der Waals surface area contributed by atoms with E-state index in [4.69, 9.17) is 18.8 Å². The van der Waals surface area contributed by atoms with Crippen LogP contribution in [-0.4, -0.2) is 57.6 Å². The predicted octanol–water partition coefficient (Wildman–Crippen LogP) is 5.61. The standard InChI is InChI=1S/C33H32N8O2S2/c1-2-8-26-24(6-1)11-17-39(26)41-32(27-9-4-20-42-27,31-37-16-23-45-31)40(28-10-5-22-44-28)29(25-7-3-12-35-25)33(41,30-36-15-21-43-30)38-18-13-34-14-19-38/h1-10,12,15-16,20-23,29,34-35H,11,13-14,17-19H2. The van der Waals surface area contributed by atoms with Gasteiger partial charge < -0.3 is 29.0 Å². The molecule has 12 heteroatoms. The average Bonchev–Trinajstić information content (AvgIpc) is 3.93. The molecule has 0 amide bonds. The molecule has 3 atom stereocenters. The number of hydrogen-bond acceptors (Lipinski definition) is 11. The summed E-state index contributed by atoms with van der Waals surface area (Å²) in [7, 11) is 0. The number of hydrogen-bond donors (Lipinski definition) is 2. The number of oxazole rings is 1. The monoisotopic (exact) mass is 636 g/mol. The van der Waals surface area contributed by atoms with E-state index in [1.54, 1.807) is 41.4 Å². The van der Waals surface area contributed by atoms with Gasteiger partial charge in [-0.2, -0.15) is 0 Å². The minimum Gasteiger partial charge on any atom is -0.465 e. The van der Waals surface area contributed by atoms with Crippen LogP contribution in [0.25, 0.3) is 0 Å². The fourth-order valence-corrected chi connectivity index (χ4v) is 9.36. The third-order valence-corrected chi connectivity index (χ3v) is 11.1. The molecule has 0 spiro atoms. The summed E-state index contributed by atoms with van der Waals surface area (Å²) < 4.78 is 13.1. The van der Waals surface area contributed by atoms with Crippen molar-refractivity contribution in [2.24, 2.45) is 0 Å². The first-order valence-electron chi connectivity index (χ1n) is 15.3. The number of aromatic amines is 1. The second-order valence-corrected chi connectivity index (χ2v) is 13.3. The Morgan fingerprint density at radius 2 is 1.78 bits per heavy atom. The van der Waals surface area contributed by atoms with Gasteiger partial charge in [-0.15, -0.1) is 27.7 Å². The summed E-state index contributed by atoms with van der Waals surface area (Å²) in [6, 6.07) is 21.0.